The molecule has 0 radical (unpaired) electrons. The van der Waals surface area contributed by atoms with Crippen LogP contribution in [0.2, 0.25) is 0 Å². The highest BCUT2D eigenvalue weighted by Gasteiger charge is 2.10. The molecule has 1 heterocycles. The first kappa shape index (κ1) is 11.3. The molecule has 1 rings (SSSR count). The minimum absolute atomic E-state index is 0.0939. The zero-order valence-corrected chi connectivity index (χ0v) is 8.47. The molecule has 0 aliphatic heterocycles. The first-order valence-corrected chi connectivity index (χ1v) is 4.69. The summed E-state index contributed by atoms with van der Waals surface area (Å²) in [7, 11) is 0. The van der Waals surface area contributed by atoms with Crippen molar-refractivity contribution < 1.29 is 14.3 Å². The van der Waals surface area contributed by atoms with Gasteiger partial charge in [0.1, 0.15) is 12.0 Å². The summed E-state index contributed by atoms with van der Waals surface area (Å²) < 4.78 is 4.70. The molecule has 0 saturated carbocycles. The standard InChI is InChI=1S/C10H12N2O3/c1-2-15-10(14)4-3-9(13)8-5-6-11-7-12-8/h5-7H,2-4H2,1H3. The fourth-order valence-electron chi connectivity index (χ4n) is 1.03. The second kappa shape index (κ2) is 5.85. The van der Waals surface area contributed by atoms with Gasteiger partial charge >= 0.3 is 5.97 Å². The number of esters is 1. The fraction of sp³-hybridized carbons (Fsp3) is 0.400. The summed E-state index contributed by atoms with van der Waals surface area (Å²) in [5.41, 5.74) is 0.328. The van der Waals surface area contributed by atoms with E-state index in [1.54, 1.807) is 6.92 Å². The number of nitrogens with zero attached hydrogens (tertiary/aromatic N) is 2. The van der Waals surface area contributed by atoms with Crippen LogP contribution in [-0.2, 0) is 9.53 Å². The SMILES string of the molecule is CCOC(=O)CCC(=O)c1ccncn1. The molecule has 0 N–H and O–H groups in total. The molecular weight excluding hydrogens is 196 g/mol. The third-order valence-electron chi connectivity index (χ3n) is 1.73. The van der Waals surface area contributed by atoms with E-state index in [0.717, 1.165) is 0 Å². The lowest BCUT2D eigenvalue weighted by Gasteiger charge is -2.00. The van der Waals surface area contributed by atoms with Crippen molar-refractivity contribution in [1.82, 2.24) is 9.97 Å². The molecule has 0 bridgehead atoms. The number of carbonyl (C=O) groups excluding carboxylic acids is 2. The lowest BCUT2D eigenvalue weighted by Crippen LogP contribution is -2.08. The van der Waals surface area contributed by atoms with Crippen molar-refractivity contribution in [1.29, 1.82) is 0 Å². The number of hydrogen-bond donors (Lipinski definition) is 0. The third-order valence-corrected chi connectivity index (χ3v) is 1.73. The molecule has 0 aliphatic carbocycles. The van der Waals surface area contributed by atoms with Crippen molar-refractivity contribution >= 4 is 11.8 Å². The monoisotopic (exact) mass is 208 g/mol. The van der Waals surface area contributed by atoms with Crippen molar-refractivity contribution in [2.24, 2.45) is 0 Å². The summed E-state index contributed by atoms with van der Waals surface area (Å²) in [6, 6.07) is 1.52. The predicted molar refractivity (Wildman–Crippen MR) is 52.2 cm³/mol. The topological polar surface area (TPSA) is 69.2 Å². The average Bonchev–Trinajstić information content (AvgIpc) is 2.27. The van der Waals surface area contributed by atoms with Gasteiger partial charge in [-0.25, -0.2) is 9.97 Å². The van der Waals surface area contributed by atoms with E-state index in [9.17, 15) is 9.59 Å². The Morgan fingerprint density at radius 2 is 2.20 bits per heavy atom. The van der Waals surface area contributed by atoms with Crippen molar-refractivity contribution in [2.45, 2.75) is 19.8 Å². The molecular formula is C10H12N2O3. The highest BCUT2D eigenvalue weighted by Crippen LogP contribution is 2.01. The Morgan fingerprint density at radius 3 is 2.80 bits per heavy atom. The molecule has 1 aromatic heterocycles. The number of carbonyl (C=O) groups is 2. The Hall–Kier alpha value is -1.78. The van der Waals surface area contributed by atoms with Gasteiger partial charge in [-0.2, -0.15) is 0 Å². The van der Waals surface area contributed by atoms with Crippen LogP contribution in [-0.4, -0.2) is 28.3 Å². The smallest absolute Gasteiger partial charge is 0.306 e. The zero-order chi connectivity index (χ0) is 11.1. The number of Topliss-reactive ketones (excluding diaryl/α,β-unsaturated/α-hetero) is 1. The van der Waals surface area contributed by atoms with Gasteiger partial charge in [0, 0.05) is 12.6 Å². The van der Waals surface area contributed by atoms with Gasteiger partial charge in [0.05, 0.1) is 13.0 Å². The summed E-state index contributed by atoms with van der Waals surface area (Å²) in [6.45, 7) is 2.06. The molecule has 15 heavy (non-hydrogen) atoms. The van der Waals surface area contributed by atoms with Gasteiger partial charge in [-0.3, -0.25) is 9.59 Å². The Labute approximate surface area is 87.5 Å². The first-order valence-electron chi connectivity index (χ1n) is 4.69. The summed E-state index contributed by atoms with van der Waals surface area (Å²) in [6.07, 6.45) is 3.01. The van der Waals surface area contributed by atoms with Crippen LogP contribution < -0.4 is 0 Å². The molecule has 0 aromatic carbocycles. The largest absolute Gasteiger partial charge is 0.466 e. The van der Waals surface area contributed by atoms with Crippen LogP contribution >= 0.6 is 0 Å². The van der Waals surface area contributed by atoms with Crippen molar-refractivity contribution in [2.75, 3.05) is 6.61 Å². The van der Waals surface area contributed by atoms with Crippen LogP contribution in [0.3, 0.4) is 0 Å². The highest BCUT2D eigenvalue weighted by atomic mass is 16.5. The van der Waals surface area contributed by atoms with E-state index in [4.69, 9.17) is 4.74 Å². The van der Waals surface area contributed by atoms with Crippen LogP contribution in [0.1, 0.15) is 30.3 Å². The van der Waals surface area contributed by atoms with E-state index in [0.29, 0.717) is 12.3 Å². The Morgan fingerprint density at radius 1 is 1.40 bits per heavy atom. The Kier molecular flexibility index (Phi) is 4.40. The molecule has 0 aliphatic rings. The highest BCUT2D eigenvalue weighted by molar-refractivity contribution is 5.95. The van der Waals surface area contributed by atoms with Crippen LogP contribution in [0.25, 0.3) is 0 Å². The minimum atomic E-state index is -0.361. The zero-order valence-electron chi connectivity index (χ0n) is 8.47. The number of ether oxygens (including phenoxy) is 1. The number of hydrogen-bond acceptors (Lipinski definition) is 5. The quantitative estimate of drug-likeness (QED) is 0.533. The van der Waals surface area contributed by atoms with E-state index in [-0.39, 0.29) is 24.6 Å². The second-order valence-electron chi connectivity index (χ2n) is 2.82. The number of aromatic nitrogens is 2. The van der Waals surface area contributed by atoms with Crippen LogP contribution in [0.5, 0.6) is 0 Å². The maximum atomic E-state index is 11.5. The fourth-order valence-corrected chi connectivity index (χ4v) is 1.03. The van der Waals surface area contributed by atoms with Gasteiger partial charge in [-0.15, -0.1) is 0 Å². The summed E-state index contributed by atoms with van der Waals surface area (Å²) >= 11 is 0. The third kappa shape index (κ3) is 3.84. The van der Waals surface area contributed by atoms with Gasteiger partial charge in [-0.05, 0) is 13.0 Å². The Bertz CT molecular complexity index is 338. The maximum Gasteiger partial charge on any atom is 0.306 e. The van der Waals surface area contributed by atoms with Gasteiger partial charge in [0.2, 0.25) is 0 Å². The van der Waals surface area contributed by atoms with E-state index >= 15 is 0 Å². The summed E-state index contributed by atoms with van der Waals surface area (Å²) in [5, 5.41) is 0. The van der Waals surface area contributed by atoms with E-state index in [1.165, 1.54) is 18.6 Å². The summed E-state index contributed by atoms with van der Waals surface area (Å²) in [5.74, 6) is -0.537. The molecule has 5 nitrogen and oxygen atoms in total. The van der Waals surface area contributed by atoms with Crippen molar-refractivity contribution in [3.63, 3.8) is 0 Å². The average molecular weight is 208 g/mol. The minimum Gasteiger partial charge on any atom is -0.466 e. The molecule has 0 atom stereocenters. The van der Waals surface area contributed by atoms with E-state index < -0.39 is 0 Å². The van der Waals surface area contributed by atoms with Gasteiger partial charge in [0.25, 0.3) is 0 Å². The van der Waals surface area contributed by atoms with E-state index in [2.05, 4.69) is 9.97 Å². The molecule has 0 amide bonds. The molecule has 5 heteroatoms. The van der Waals surface area contributed by atoms with Crippen LogP contribution in [0, 0.1) is 0 Å². The normalized spacial score (nSPS) is 9.67. The molecule has 0 spiro atoms. The van der Waals surface area contributed by atoms with Gasteiger partial charge < -0.3 is 4.74 Å². The second-order valence-corrected chi connectivity index (χ2v) is 2.82. The predicted octanol–water partition coefficient (Wildman–Crippen LogP) is 1.00. The molecule has 0 fully saturated rings. The summed E-state index contributed by atoms with van der Waals surface area (Å²) in [4.78, 5) is 29.9. The lowest BCUT2D eigenvalue weighted by atomic mass is 10.1. The maximum absolute atomic E-state index is 11.5. The van der Waals surface area contributed by atoms with Gasteiger partial charge in [0.15, 0.2) is 5.78 Å². The Balaban J connectivity index is 2.40. The van der Waals surface area contributed by atoms with Gasteiger partial charge in [-0.1, -0.05) is 0 Å². The number of ketones is 1. The number of rotatable bonds is 5. The van der Waals surface area contributed by atoms with Crippen molar-refractivity contribution in [3.05, 3.63) is 24.3 Å². The van der Waals surface area contributed by atoms with E-state index in [1.807, 2.05) is 0 Å². The molecule has 0 saturated heterocycles. The van der Waals surface area contributed by atoms with Crippen LogP contribution in [0.4, 0.5) is 0 Å². The van der Waals surface area contributed by atoms with Crippen molar-refractivity contribution in [3.8, 4) is 0 Å². The molecule has 80 valence electrons. The molecule has 1 aromatic rings. The van der Waals surface area contributed by atoms with Crippen LogP contribution in [0.15, 0.2) is 18.6 Å². The molecule has 0 unspecified atom stereocenters. The lowest BCUT2D eigenvalue weighted by molar-refractivity contribution is -0.143. The first-order chi connectivity index (χ1) is 7.24.